The molecule has 0 aliphatic rings. The summed E-state index contributed by atoms with van der Waals surface area (Å²) in [6.07, 6.45) is 0. The maximum absolute atomic E-state index is 11.7. The van der Waals surface area contributed by atoms with E-state index in [2.05, 4.69) is 6.58 Å². The maximum atomic E-state index is 11.7. The molecule has 19 heavy (non-hydrogen) atoms. The quantitative estimate of drug-likeness (QED) is 0.272. The van der Waals surface area contributed by atoms with E-state index in [9.17, 15) is 4.79 Å². The van der Waals surface area contributed by atoms with E-state index >= 15 is 0 Å². The van der Waals surface area contributed by atoms with Crippen LogP contribution in [0.2, 0.25) is 0 Å². The van der Waals surface area contributed by atoms with Crippen LogP contribution < -0.4 is 0 Å². The second-order valence-corrected chi connectivity index (χ2v) is 11.3. The molecule has 0 N–H and O–H groups in total. The van der Waals surface area contributed by atoms with E-state index in [0.29, 0.717) is 18.8 Å². The van der Waals surface area contributed by atoms with Crippen LogP contribution in [-0.4, -0.2) is 50.3 Å². The van der Waals surface area contributed by atoms with Gasteiger partial charge in [-0.05, 0) is 27.7 Å². The van der Waals surface area contributed by atoms with Crippen molar-refractivity contribution in [2.75, 3.05) is 13.2 Å². The Bertz CT molecular complexity index is 323. The van der Waals surface area contributed by atoms with Gasteiger partial charge in [0.05, 0.1) is 25.3 Å². The summed E-state index contributed by atoms with van der Waals surface area (Å²) >= 11 is 0. The smallest absolute Gasteiger partial charge is 0.332 e. The molecule has 0 heterocycles. The van der Waals surface area contributed by atoms with Crippen LogP contribution in [-0.2, 0) is 19.0 Å². The van der Waals surface area contributed by atoms with E-state index in [0.717, 1.165) is 20.5 Å². The molecule has 1 atom stereocenters. The largest absolute Gasteiger partial charge is 0.465 e. The number of hydrogen-bond acceptors (Lipinski definition) is 4. The van der Waals surface area contributed by atoms with Crippen molar-refractivity contribution < 1.29 is 19.0 Å². The first-order valence-electron chi connectivity index (χ1n) is 6.77. The van der Waals surface area contributed by atoms with Gasteiger partial charge in [0.1, 0.15) is 0 Å². The van der Waals surface area contributed by atoms with Crippen molar-refractivity contribution in [3.05, 3.63) is 12.2 Å². The molecular weight excluding hydrogens is 276 g/mol. The molecule has 0 spiro atoms. The van der Waals surface area contributed by atoms with E-state index in [1.807, 2.05) is 27.7 Å². The van der Waals surface area contributed by atoms with Crippen molar-refractivity contribution >= 4 is 26.5 Å². The molecule has 0 bridgehead atoms. The number of hydrogen-bond donors (Lipinski definition) is 0. The molecule has 112 valence electrons. The van der Waals surface area contributed by atoms with Gasteiger partial charge in [0, 0.05) is 24.7 Å². The number of ether oxygens (including phenoxy) is 3. The number of esters is 1. The monoisotopic (exact) mass is 304 g/mol. The zero-order chi connectivity index (χ0) is 15.3. The van der Waals surface area contributed by atoms with Gasteiger partial charge in [0.15, 0.2) is 5.79 Å². The average Bonchev–Trinajstić information content (AvgIpc) is 2.27. The van der Waals surface area contributed by atoms with E-state index in [4.69, 9.17) is 14.2 Å². The van der Waals surface area contributed by atoms with Crippen LogP contribution in [0, 0.1) is 5.92 Å². The first kappa shape index (κ1) is 18.6. The van der Waals surface area contributed by atoms with Crippen molar-refractivity contribution in [3.63, 3.8) is 0 Å². The summed E-state index contributed by atoms with van der Waals surface area (Å²) in [7, 11) is 1.48. The normalized spacial score (nSPS) is 16.9. The highest BCUT2D eigenvalue weighted by atomic mass is 28.2. The van der Waals surface area contributed by atoms with E-state index < -0.39 is 10.6 Å². The van der Waals surface area contributed by atoms with Gasteiger partial charge in [-0.25, -0.2) is 4.79 Å². The molecule has 0 aromatic carbocycles. The second kappa shape index (κ2) is 7.37. The van der Waals surface area contributed by atoms with Crippen LogP contribution in [0.25, 0.3) is 0 Å². The lowest BCUT2D eigenvalue weighted by Gasteiger charge is -2.43. The average molecular weight is 305 g/mol. The fourth-order valence-electron chi connectivity index (χ4n) is 1.91. The van der Waals surface area contributed by atoms with Crippen molar-refractivity contribution in [3.8, 4) is 0 Å². The topological polar surface area (TPSA) is 44.8 Å². The van der Waals surface area contributed by atoms with E-state index in [-0.39, 0.29) is 11.9 Å². The molecule has 0 saturated carbocycles. The fourth-order valence-corrected chi connectivity index (χ4v) is 3.33. The third-order valence-corrected chi connectivity index (χ3v) is 5.54. The molecule has 1 unspecified atom stereocenters. The fraction of sp³-hybridized carbons (Fsp3) is 0.769. The summed E-state index contributed by atoms with van der Waals surface area (Å²) in [5.74, 6) is -1.06. The lowest BCUT2D eigenvalue weighted by molar-refractivity contribution is -0.262. The highest BCUT2D eigenvalue weighted by Gasteiger charge is 2.44. The summed E-state index contributed by atoms with van der Waals surface area (Å²) in [5, 5.41) is 0. The van der Waals surface area contributed by atoms with Crippen LogP contribution in [0.5, 0.6) is 0 Å². The number of carbonyl (C=O) groups excluding carboxylic acids is 1. The Morgan fingerprint density at radius 1 is 1.26 bits per heavy atom. The molecule has 6 heteroatoms. The summed E-state index contributed by atoms with van der Waals surface area (Å²) in [5.41, 5.74) is 0.429. The van der Waals surface area contributed by atoms with Gasteiger partial charge in [0.25, 0.3) is 0 Å². The van der Waals surface area contributed by atoms with E-state index in [1.165, 1.54) is 0 Å². The van der Waals surface area contributed by atoms with Gasteiger partial charge in [-0.1, -0.05) is 13.5 Å². The van der Waals surface area contributed by atoms with Crippen molar-refractivity contribution in [1.29, 1.82) is 0 Å². The molecule has 0 amide bonds. The molecule has 0 saturated heterocycles. The van der Waals surface area contributed by atoms with Crippen molar-refractivity contribution in [2.24, 2.45) is 5.92 Å². The molecule has 0 aliphatic carbocycles. The summed E-state index contributed by atoms with van der Waals surface area (Å²) in [6.45, 7) is 14.2. The highest BCUT2D eigenvalue weighted by Crippen LogP contribution is 2.31. The Morgan fingerprint density at radius 3 is 2.00 bits per heavy atom. The first-order valence-corrected chi connectivity index (χ1v) is 8.77. The van der Waals surface area contributed by atoms with Gasteiger partial charge in [-0.3, -0.25) is 0 Å². The SMILES string of the molecule is C=C(C)C(=O)OC([SiH3])([SiH3])C(C)C(C)(OCC)OCC. The first-order chi connectivity index (χ1) is 8.60. The number of rotatable bonds is 8. The number of carbonyl (C=O) groups is 1. The third kappa shape index (κ3) is 5.21. The molecule has 0 aliphatic heterocycles. The Kier molecular flexibility index (Phi) is 7.20. The van der Waals surface area contributed by atoms with Crippen LogP contribution in [0.4, 0.5) is 0 Å². The van der Waals surface area contributed by atoms with Crippen molar-refractivity contribution in [1.82, 2.24) is 0 Å². The standard InChI is InChI=1S/C13H28O4Si2/c1-7-15-12(6,16-8-2)10(5)13(18,19)17-11(14)9(3)4/h10H,3,7-8H2,1-2,4-6,18-19H3. The van der Waals surface area contributed by atoms with Gasteiger partial charge in [-0.2, -0.15) is 0 Å². The minimum Gasteiger partial charge on any atom is -0.465 e. The van der Waals surface area contributed by atoms with Gasteiger partial charge in [0.2, 0.25) is 0 Å². The van der Waals surface area contributed by atoms with Crippen LogP contribution in [0.15, 0.2) is 12.2 Å². The molecule has 4 nitrogen and oxygen atoms in total. The highest BCUT2D eigenvalue weighted by molar-refractivity contribution is 6.40. The second-order valence-electron chi connectivity index (χ2n) is 5.38. The third-order valence-electron chi connectivity index (χ3n) is 3.40. The van der Waals surface area contributed by atoms with Gasteiger partial charge < -0.3 is 14.2 Å². The Morgan fingerprint density at radius 2 is 1.68 bits per heavy atom. The minimum absolute atomic E-state index is 0.0125. The Labute approximate surface area is 122 Å². The van der Waals surface area contributed by atoms with Crippen LogP contribution in [0.1, 0.15) is 34.6 Å². The minimum atomic E-state index is -0.720. The van der Waals surface area contributed by atoms with Gasteiger partial charge >= 0.3 is 5.97 Å². The molecule has 0 aromatic rings. The summed E-state index contributed by atoms with van der Waals surface area (Å²) < 4.78 is 17.2. The Balaban J connectivity index is 5.05. The summed E-state index contributed by atoms with van der Waals surface area (Å²) in [4.78, 5) is 11.3. The molecule has 0 rings (SSSR count). The lowest BCUT2D eigenvalue weighted by atomic mass is 10.0. The Hall–Kier alpha value is -0.436. The zero-order valence-corrected chi connectivity index (χ0v) is 17.3. The van der Waals surface area contributed by atoms with Gasteiger partial charge in [-0.15, -0.1) is 0 Å². The summed E-state index contributed by atoms with van der Waals surface area (Å²) in [6, 6.07) is 0. The molecular formula is C13H28O4Si2. The lowest BCUT2D eigenvalue weighted by Crippen LogP contribution is -2.55. The molecule has 0 aromatic heterocycles. The predicted octanol–water partition coefficient (Wildman–Crippen LogP) is -0.0844. The van der Waals surface area contributed by atoms with Crippen LogP contribution >= 0.6 is 0 Å². The molecule has 0 fully saturated rings. The molecule has 0 radical (unpaired) electrons. The maximum Gasteiger partial charge on any atom is 0.332 e. The van der Waals surface area contributed by atoms with E-state index in [1.54, 1.807) is 6.92 Å². The predicted molar refractivity (Wildman–Crippen MR) is 84.3 cm³/mol. The van der Waals surface area contributed by atoms with Crippen molar-refractivity contribution in [2.45, 2.75) is 45.3 Å². The van der Waals surface area contributed by atoms with Crippen LogP contribution in [0.3, 0.4) is 0 Å². The zero-order valence-electron chi connectivity index (χ0n) is 13.3.